The van der Waals surface area contributed by atoms with Crippen LogP contribution in [0.15, 0.2) is 88.3 Å². The molecule has 32 heavy (non-hydrogen) atoms. The number of hydrogen-bond donors (Lipinski definition) is 1. The summed E-state index contributed by atoms with van der Waals surface area (Å²) in [6.45, 7) is 0. The molecule has 0 aliphatic carbocycles. The lowest BCUT2D eigenvalue weighted by molar-refractivity contribution is -0.137. The van der Waals surface area contributed by atoms with Crippen molar-refractivity contribution in [3.63, 3.8) is 0 Å². The van der Waals surface area contributed by atoms with E-state index >= 15 is 0 Å². The molecule has 7 nitrogen and oxygen atoms in total. The Labute approximate surface area is 184 Å². The van der Waals surface area contributed by atoms with E-state index in [9.17, 15) is 18.0 Å². The largest absolute Gasteiger partial charge is 0.417 e. The molecule has 0 saturated carbocycles. The number of pyridine rings is 1. The van der Waals surface area contributed by atoms with Gasteiger partial charge in [-0.05, 0) is 48.5 Å². The third kappa shape index (κ3) is 5.30. The molecule has 2 heterocycles. The van der Waals surface area contributed by atoms with Gasteiger partial charge in [-0.3, -0.25) is 9.20 Å². The van der Waals surface area contributed by atoms with Crippen molar-refractivity contribution in [1.29, 1.82) is 0 Å². The molecule has 162 valence electrons. The molecule has 0 unspecified atom stereocenters. The predicted molar refractivity (Wildman–Crippen MR) is 114 cm³/mol. The second-order valence-corrected chi connectivity index (χ2v) is 7.49. The van der Waals surface area contributed by atoms with Crippen LogP contribution in [-0.4, -0.2) is 26.3 Å². The zero-order valence-electron chi connectivity index (χ0n) is 16.3. The van der Waals surface area contributed by atoms with E-state index in [-0.39, 0.29) is 22.5 Å². The summed E-state index contributed by atoms with van der Waals surface area (Å²) in [5.41, 5.74) is 1.35. The molecule has 2 aromatic carbocycles. The number of rotatable bonds is 6. The van der Waals surface area contributed by atoms with Crippen LogP contribution in [0.3, 0.4) is 0 Å². The number of amides is 1. The molecule has 0 bridgehead atoms. The SMILES string of the molecule is O=C(CSc1nnc2ccc(C(F)(F)F)cn12)Nc1ccc(N=Nc2ccccc2)cc1. The highest BCUT2D eigenvalue weighted by Gasteiger charge is 2.31. The van der Waals surface area contributed by atoms with Gasteiger partial charge >= 0.3 is 6.18 Å². The summed E-state index contributed by atoms with van der Waals surface area (Å²) in [4.78, 5) is 12.3. The van der Waals surface area contributed by atoms with Crippen molar-refractivity contribution in [2.75, 3.05) is 11.1 Å². The van der Waals surface area contributed by atoms with Crippen molar-refractivity contribution in [2.45, 2.75) is 11.3 Å². The summed E-state index contributed by atoms with van der Waals surface area (Å²) in [5, 5.41) is 18.8. The van der Waals surface area contributed by atoms with E-state index in [2.05, 4.69) is 25.7 Å². The van der Waals surface area contributed by atoms with Crippen LogP contribution in [0.1, 0.15) is 5.56 Å². The molecule has 0 aliphatic heterocycles. The minimum atomic E-state index is -4.48. The van der Waals surface area contributed by atoms with Crippen molar-refractivity contribution in [3.05, 3.63) is 78.5 Å². The second kappa shape index (κ2) is 9.18. The number of halogens is 3. The Morgan fingerprint density at radius 1 is 0.938 bits per heavy atom. The molecular weight excluding hydrogens is 441 g/mol. The Hall–Kier alpha value is -3.73. The molecule has 4 aromatic rings. The maximum Gasteiger partial charge on any atom is 0.417 e. The topological polar surface area (TPSA) is 84.0 Å². The van der Waals surface area contributed by atoms with Gasteiger partial charge in [-0.2, -0.15) is 23.4 Å². The summed E-state index contributed by atoms with van der Waals surface area (Å²) in [6.07, 6.45) is -3.57. The number of nitrogens with one attached hydrogen (secondary N) is 1. The van der Waals surface area contributed by atoms with Crippen molar-refractivity contribution in [3.8, 4) is 0 Å². The first-order valence-corrected chi connectivity index (χ1v) is 10.3. The average Bonchev–Trinajstić information content (AvgIpc) is 3.20. The van der Waals surface area contributed by atoms with Gasteiger partial charge in [0.05, 0.1) is 22.7 Å². The van der Waals surface area contributed by atoms with Crippen LogP contribution in [0.2, 0.25) is 0 Å². The van der Waals surface area contributed by atoms with Gasteiger partial charge in [0, 0.05) is 11.9 Å². The fourth-order valence-electron chi connectivity index (χ4n) is 2.68. The van der Waals surface area contributed by atoms with Crippen LogP contribution in [0.5, 0.6) is 0 Å². The van der Waals surface area contributed by atoms with Crippen LogP contribution in [0, 0.1) is 0 Å². The highest BCUT2D eigenvalue weighted by atomic mass is 32.2. The molecule has 1 N–H and O–H groups in total. The fraction of sp³-hybridized carbons (Fsp3) is 0.0952. The number of aromatic nitrogens is 3. The first-order valence-electron chi connectivity index (χ1n) is 9.30. The van der Waals surface area contributed by atoms with E-state index in [1.807, 2.05) is 30.3 Å². The molecule has 0 saturated heterocycles. The van der Waals surface area contributed by atoms with Crippen molar-refractivity contribution >= 4 is 40.4 Å². The third-order valence-electron chi connectivity index (χ3n) is 4.22. The maximum absolute atomic E-state index is 12.9. The molecule has 0 fully saturated rings. The van der Waals surface area contributed by atoms with Gasteiger partial charge < -0.3 is 5.32 Å². The van der Waals surface area contributed by atoms with E-state index in [1.165, 1.54) is 10.5 Å². The van der Waals surface area contributed by atoms with Gasteiger partial charge in [0.15, 0.2) is 10.8 Å². The fourth-order valence-corrected chi connectivity index (χ4v) is 3.40. The monoisotopic (exact) mass is 456 g/mol. The molecule has 2 aromatic heterocycles. The zero-order chi connectivity index (χ0) is 22.6. The van der Waals surface area contributed by atoms with Crippen molar-refractivity contribution in [2.24, 2.45) is 10.2 Å². The van der Waals surface area contributed by atoms with Crippen LogP contribution in [-0.2, 0) is 11.0 Å². The Kier molecular flexibility index (Phi) is 6.17. The van der Waals surface area contributed by atoms with E-state index in [4.69, 9.17) is 0 Å². The number of azo groups is 1. The molecule has 0 radical (unpaired) electrons. The van der Waals surface area contributed by atoms with E-state index in [0.717, 1.165) is 29.7 Å². The molecule has 11 heteroatoms. The third-order valence-corrected chi connectivity index (χ3v) is 5.16. The second-order valence-electron chi connectivity index (χ2n) is 6.55. The van der Waals surface area contributed by atoms with Gasteiger partial charge in [-0.15, -0.1) is 10.2 Å². The van der Waals surface area contributed by atoms with Gasteiger partial charge in [0.2, 0.25) is 5.91 Å². The van der Waals surface area contributed by atoms with Gasteiger partial charge in [-0.25, -0.2) is 0 Å². The van der Waals surface area contributed by atoms with E-state index in [1.54, 1.807) is 24.3 Å². The maximum atomic E-state index is 12.9. The highest BCUT2D eigenvalue weighted by Crippen LogP contribution is 2.30. The molecule has 4 rings (SSSR count). The first-order chi connectivity index (χ1) is 15.4. The van der Waals surface area contributed by atoms with Gasteiger partial charge in [0.25, 0.3) is 0 Å². The number of hydrogen-bond acceptors (Lipinski definition) is 6. The Morgan fingerprint density at radius 2 is 1.62 bits per heavy atom. The summed E-state index contributed by atoms with van der Waals surface area (Å²) in [6, 6.07) is 18.2. The number of fused-ring (bicyclic) bond motifs is 1. The lowest BCUT2D eigenvalue weighted by Gasteiger charge is -2.07. The molecule has 0 spiro atoms. The van der Waals surface area contributed by atoms with Gasteiger partial charge in [0.1, 0.15) is 0 Å². The summed E-state index contributed by atoms with van der Waals surface area (Å²) < 4.78 is 40.0. The quantitative estimate of drug-likeness (QED) is 0.289. The van der Waals surface area contributed by atoms with Crippen LogP contribution in [0.4, 0.5) is 30.2 Å². The predicted octanol–water partition coefficient (Wildman–Crippen LogP) is 5.89. The van der Waals surface area contributed by atoms with Crippen LogP contribution >= 0.6 is 11.8 Å². The van der Waals surface area contributed by atoms with E-state index in [0.29, 0.717) is 11.4 Å². The first kappa shape index (κ1) is 21.5. The number of benzene rings is 2. The Morgan fingerprint density at radius 3 is 2.31 bits per heavy atom. The smallest absolute Gasteiger partial charge is 0.325 e. The molecule has 0 atom stereocenters. The number of thioether (sulfide) groups is 1. The lowest BCUT2D eigenvalue weighted by Crippen LogP contribution is -2.14. The highest BCUT2D eigenvalue weighted by molar-refractivity contribution is 7.99. The Balaban J connectivity index is 1.35. The zero-order valence-corrected chi connectivity index (χ0v) is 17.1. The summed E-state index contributed by atoms with van der Waals surface area (Å²) in [7, 11) is 0. The Bertz CT molecular complexity index is 1260. The lowest BCUT2D eigenvalue weighted by atomic mass is 10.3. The number of carbonyl (C=O) groups excluding carboxylic acids is 1. The number of nitrogens with zero attached hydrogens (tertiary/aromatic N) is 5. The number of alkyl halides is 3. The molecule has 1 amide bonds. The average molecular weight is 456 g/mol. The minimum Gasteiger partial charge on any atom is -0.325 e. The van der Waals surface area contributed by atoms with Gasteiger partial charge in [-0.1, -0.05) is 30.0 Å². The van der Waals surface area contributed by atoms with Crippen LogP contribution in [0.25, 0.3) is 5.65 Å². The number of anilines is 1. The van der Waals surface area contributed by atoms with Crippen LogP contribution < -0.4 is 5.32 Å². The minimum absolute atomic E-state index is 0.0491. The molecule has 0 aliphatic rings. The molecular formula is C21H15F3N6OS. The van der Waals surface area contributed by atoms with E-state index < -0.39 is 11.7 Å². The van der Waals surface area contributed by atoms with Crippen molar-refractivity contribution in [1.82, 2.24) is 14.6 Å². The standard InChI is InChI=1S/C21H15F3N6OS/c22-21(23,24)14-6-11-18-28-29-20(30(18)12-14)32-13-19(31)25-15-7-9-17(10-8-15)27-26-16-4-2-1-3-5-16/h1-12H,13H2,(H,25,31). The summed E-state index contributed by atoms with van der Waals surface area (Å²) >= 11 is 0.989. The number of carbonyl (C=O) groups is 1. The normalized spacial score (nSPS) is 11.8. The summed E-state index contributed by atoms with van der Waals surface area (Å²) in [5.74, 6) is -0.385. The van der Waals surface area contributed by atoms with Crippen molar-refractivity contribution < 1.29 is 18.0 Å².